The molecule has 2 aliphatic heterocycles. The Hall–Kier alpha value is -2.48. The van der Waals surface area contributed by atoms with Gasteiger partial charge in [-0.3, -0.25) is 9.59 Å². The van der Waals surface area contributed by atoms with Gasteiger partial charge >= 0.3 is 0 Å². The molecule has 0 aromatic heterocycles. The van der Waals surface area contributed by atoms with Crippen molar-refractivity contribution in [2.75, 3.05) is 47.6 Å². The number of nitrogens with zero attached hydrogens (tertiary/aromatic N) is 1. The van der Waals surface area contributed by atoms with Crippen molar-refractivity contribution in [3.8, 4) is 17.2 Å². The maximum atomic E-state index is 13.0. The summed E-state index contributed by atoms with van der Waals surface area (Å²) in [6.07, 6.45) is 3.49. The number of benzene rings is 1. The molecule has 1 N–H and O–H groups in total. The van der Waals surface area contributed by atoms with Gasteiger partial charge < -0.3 is 29.2 Å². The third-order valence-corrected chi connectivity index (χ3v) is 5.59. The highest BCUT2D eigenvalue weighted by Crippen LogP contribution is 2.38. The van der Waals surface area contributed by atoms with E-state index in [0.717, 1.165) is 19.4 Å². The first kappa shape index (κ1) is 21.2. The number of likely N-dealkylation sites (tertiary alicyclic amines) is 1. The average Bonchev–Trinajstić information content (AvgIpc) is 3.29. The molecule has 2 fully saturated rings. The lowest BCUT2D eigenvalue weighted by Gasteiger charge is -2.31. The Kier molecular flexibility index (Phi) is 7.19. The van der Waals surface area contributed by atoms with E-state index in [4.69, 9.17) is 18.9 Å². The molecule has 2 aliphatic rings. The first-order valence-electron chi connectivity index (χ1n) is 10.1. The lowest BCUT2D eigenvalue weighted by molar-refractivity contribution is -0.126. The number of hydrogen-bond donors (Lipinski definition) is 1. The number of rotatable bonds is 7. The predicted molar refractivity (Wildman–Crippen MR) is 107 cm³/mol. The molecule has 160 valence electrons. The monoisotopic (exact) mass is 406 g/mol. The number of ether oxygens (including phenoxy) is 4. The van der Waals surface area contributed by atoms with Gasteiger partial charge in [-0.2, -0.15) is 0 Å². The van der Waals surface area contributed by atoms with Crippen LogP contribution in [0.15, 0.2) is 12.1 Å². The van der Waals surface area contributed by atoms with Gasteiger partial charge in [-0.25, -0.2) is 0 Å². The van der Waals surface area contributed by atoms with Crippen molar-refractivity contribution in [2.45, 2.75) is 31.8 Å². The lowest BCUT2D eigenvalue weighted by atomic mass is 9.95. The lowest BCUT2D eigenvalue weighted by Crippen LogP contribution is -2.44. The van der Waals surface area contributed by atoms with E-state index < -0.39 is 0 Å². The van der Waals surface area contributed by atoms with Crippen LogP contribution in [-0.2, 0) is 9.53 Å². The zero-order valence-electron chi connectivity index (χ0n) is 17.4. The zero-order chi connectivity index (χ0) is 20.8. The van der Waals surface area contributed by atoms with Gasteiger partial charge in [0.2, 0.25) is 11.7 Å². The predicted octanol–water partition coefficient (Wildman–Crippen LogP) is 1.86. The highest BCUT2D eigenvalue weighted by molar-refractivity contribution is 5.96. The van der Waals surface area contributed by atoms with Crippen molar-refractivity contribution in [1.29, 1.82) is 0 Å². The van der Waals surface area contributed by atoms with Gasteiger partial charge in [-0.1, -0.05) is 0 Å². The van der Waals surface area contributed by atoms with E-state index in [1.165, 1.54) is 21.3 Å². The molecule has 0 spiro atoms. The second kappa shape index (κ2) is 9.82. The molecular weight excluding hydrogens is 376 g/mol. The van der Waals surface area contributed by atoms with Crippen LogP contribution < -0.4 is 19.5 Å². The van der Waals surface area contributed by atoms with Crippen molar-refractivity contribution >= 4 is 11.8 Å². The number of amides is 2. The fourth-order valence-corrected chi connectivity index (χ4v) is 3.90. The molecule has 8 heteroatoms. The minimum absolute atomic E-state index is 0.0559. The number of methoxy groups -OCH3 is 3. The quantitative estimate of drug-likeness (QED) is 0.744. The van der Waals surface area contributed by atoms with Gasteiger partial charge in [0.05, 0.1) is 27.4 Å². The maximum absolute atomic E-state index is 13.0. The van der Waals surface area contributed by atoms with Gasteiger partial charge in [-0.05, 0) is 37.8 Å². The van der Waals surface area contributed by atoms with Crippen LogP contribution in [0.2, 0.25) is 0 Å². The van der Waals surface area contributed by atoms with Gasteiger partial charge in [0, 0.05) is 37.7 Å². The number of carbonyl (C=O) groups is 2. The van der Waals surface area contributed by atoms with E-state index in [0.29, 0.717) is 55.3 Å². The molecule has 2 amide bonds. The van der Waals surface area contributed by atoms with Crippen molar-refractivity contribution in [1.82, 2.24) is 10.2 Å². The standard InChI is InChI=1S/C21H30N2O6/c1-26-17-11-15(12-18(27-2)19(17)28-3)21(25)23-8-6-14(7-9-23)20(24)22-13-16-5-4-10-29-16/h11-12,14,16H,4-10,13H2,1-3H3,(H,22,24)/t16-/m1/s1. The van der Waals surface area contributed by atoms with Crippen LogP contribution in [0.1, 0.15) is 36.0 Å². The van der Waals surface area contributed by atoms with E-state index in [2.05, 4.69) is 5.32 Å². The summed E-state index contributed by atoms with van der Waals surface area (Å²) in [7, 11) is 4.56. The molecule has 1 aromatic rings. The third-order valence-electron chi connectivity index (χ3n) is 5.59. The fourth-order valence-electron chi connectivity index (χ4n) is 3.90. The normalized spacial score (nSPS) is 19.7. The second-order valence-electron chi connectivity index (χ2n) is 7.36. The molecule has 0 saturated carbocycles. The number of nitrogens with one attached hydrogen (secondary N) is 1. The Morgan fingerprint density at radius 1 is 1.07 bits per heavy atom. The Bertz CT molecular complexity index is 699. The SMILES string of the molecule is COc1cc(C(=O)N2CCC(C(=O)NC[C@H]3CCCO3)CC2)cc(OC)c1OC. The topological polar surface area (TPSA) is 86.3 Å². The van der Waals surface area contributed by atoms with Crippen molar-refractivity contribution < 1.29 is 28.5 Å². The van der Waals surface area contributed by atoms with E-state index in [9.17, 15) is 9.59 Å². The number of carbonyl (C=O) groups excluding carboxylic acids is 2. The van der Waals surface area contributed by atoms with Gasteiger partial charge in [0.25, 0.3) is 5.91 Å². The first-order chi connectivity index (χ1) is 14.1. The first-order valence-corrected chi connectivity index (χ1v) is 10.1. The van der Waals surface area contributed by atoms with Crippen LogP contribution >= 0.6 is 0 Å². The zero-order valence-corrected chi connectivity index (χ0v) is 17.4. The number of piperidine rings is 1. The highest BCUT2D eigenvalue weighted by atomic mass is 16.5. The molecular formula is C21H30N2O6. The largest absolute Gasteiger partial charge is 0.493 e. The molecule has 0 unspecified atom stereocenters. The van der Waals surface area contributed by atoms with Crippen LogP contribution in [0, 0.1) is 5.92 Å². The molecule has 3 rings (SSSR count). The average molecular weight is 406 g/mol. The molecule has 8 nitrogen and oxygen atoms in total. The van der Waals surface area contributed by atoms with Crippen LogP contribution in [0.25, 0.3) is 0 Å². The maximum Gasteiger partial charge on any atom is 0.254 e. The molecule has 1 aromatic carbocycles. The highest BCUT2D eigenvalue weighted by Gasteiger charge is 2.29. The summed E-state index contributed by atoms with van der Waals surface area (Å²) in [5.74, 6) is 1.22. The summed E-state index contributed by atoms with van der Waals surface area (Å²) in [6, 6.07) is 3.31. The minimum Gasteiger partial charge on any atom is -0.493 e. The molecule has 0 radical (unpaired) electrons. The summed E-state index contributed by atoms with van der Waals surface area (Å²) in [5.41, 5.74) is 0.473. The summed E-state index contributed by atoms with van der Waals surface area (Å²) < 4.78 is 21.5. The van der Waals surface area contributed by atoms with Crippen LogP contribution in [0.4, 0.5) is 0 Å². The third kappa shape index (κ3) is 4.93. The summed E-state index contributed by atoms with van der Waals surface area (Å²) in [4.78, 5) is 27.2. The Balaban J connectivity index is 1.57. The Morgan fingerprint density at radius 3 is 2.24 bits per heavy atom. The van der Waals surface area contributed by atoms with Crippen molar-refractivity contribution in [3.63, 3.8) is 0 Å². The fraction of sp³-hybridized carbons (Fsp3) is 0.619. The van der Waals surface area contributed by atoms with E-state index in [-0.39, 0.29) is 23.8 Å². The second-order valence-corrected chi connectivity index (χ2v) is 7.36. The van der Waals surface area contributed by atoms with Crippen LogP contribution in [-0.4, -0.2) is 70.4 Å². The summed E-state index contributed by atoms with van der Waals surface area (Å²) in [6.45, 7) is 2.42. The molecule has 0 bridgehead atoms. The summed E-state index contributed by atoms with van der Waals surface area (Å²) in [5, 5.41) is 3.00. The smallest absolute Gasteiger partial charge is 0.254 e. The van der Waals surface area contributed by atoms with Gasteiger partial charge in [-0.15, -0.1) is 0 Å². The molecule has 2 heterocycles. The molecule has 1 atom stereocenters. The van der Waals surface area contributed by atoms with E-state index in [1.54, 1.807) is 17.0 Å². The minimum atomic E-state index is -0.109. The van der Waals surface area contributed by atoms with E-state index in [1.807, 2.05) is 0 Å². The Labute approximate surface area is 171 Å². The van der Waals surface area contributed by atoms with Gasteiger partial charge in [0.15, 0.2) is 11.5 Å². The van der Waals surface area contributed by atoms with Crippen molar-refractivity contribution in [2.24, 2.45) is 5.92 Å². The van der Waals surface area contributed by atoms with Crippen LogP contribution in [0.5, 0.6) is 17.2 Å². The van der Waals surface area contributed by atoms with Gasteiger partial charge in [0.1, 0.15) is 0 Å². The van der Waals surface area contributed by atoms with Crippen LogP contribution in [0.3, 0.4) is 0 Å². The van der Waals surface area contributed by atoms with Crippen molar-refractivity contribution in [3.05, 3.63) is 17.7 Å². The summed E-state index contributed by atoms with van der Waals surface area (Å²) >= 11 is 0. The number of hydrogen-bond acceptors (Lipinski definition) is 6. The van der Waals surface area contributed by atoms with E-state index >= 15 is 0 Å². The Morgan fingerprint density at radius 2 is 1.72 bits per heavy atom. The molecule has 29 heavy (non-hydrogen) atoms. The molecule has 2 saturated heterocycles. The molecule has 0 aliphatic carbocycles.